The number of hydrogen-bond donors (Lipinski definition) is 2. The molecule has 0 atom stereocenters. The lowest BCUT2D eigenvalue weighted by atomic mass is 10.1. The highest BCUT2D eigenvalue weighted by molar-refractivity contribution is 5.95. The van der Waals surface area contributed by atoms with Crippen molar-refractivity contribution in [2.24, 2.45) is 0 Å². The molecule has 31 heavy (non-hydrogen) atoms. The van der Waals surface area contributed by atoms with E-state index in [-0.39, 0.29) is 6.61 Å². The van der Waals surface area contributed by atoms with Crippen LogP contribution in [-0.4, -0.2) is 55.5 Å². The van der Waals surface area contributed by atoms with Crippen LogP contribution in [0.15, 0.2) is 48.5 Å². The van der Waals surface area contributed by atoms with E-state index in [9.17, 15) is 9.59 Å². The molecule has 2 N–H and O–H groups in total. The van der Waals surface area contributed by atoms with Gasteiger partial charge in [-0.25, -0.2) is 0 Å². The van der Waals surface area contributed by atoms with Crippen LogP contribution in [0.1, 0.15) is 29.8 Å². The van der Waals surface area contributed by atoms with Gasteiger partial charge >= 0.3 is 0 Å². The fraction of sp³-hybridized carbons (Fsp3) is 0.348. The quantitative estimate of drug-likeness (QED) is 0.692. The van der Waals surface area contributed by atoms with Crippen molar-refractivity contribution in [3.8, 4) is 11.8 Å². The summed E-state index contributed by atoms with van der Waals surface area (Å²) in [7, 11) is 0. The van der Waals surface area contributed by atoms with E-state index < -0.39 is 11.8 Å². The fourth-order valence-electron chi connectivity index (χ4n) is 3.33. The van der Waals surface area contributed by atoms with Gasteiger partial charge in [0.25, 0.3) is 11.8 Å². The first kappa shape index (κ1) is 22.1. The van der Waals surface area contributed by atoms with Crippen LogP contribution in [0.25, 0.3) is 0 Å². The predicted molar refractivity (Wildman–Crippen MR) is 118 cm³/mol. The summed E-state index contributed by atoms with van der Waals surface area (Å²) in [5.41, 5.74) is 6.77. The van der Waals surface area contributed by atoms with Crippen LogP contribution in [0.5, 0.6) is 5.75 Å². The van der Waals surface area contributed by atoms with Gasteiger partial charge in [0, 0.05) is 43.5 Å². The summed E-state index contributed by atoms with van der Waals surface area (Å²) in [6.07, 6.45) is 0. The molecule has 1 aliphatic rings. The molecule has 0 saturated carbocycles. The van der Waals surface area contributed by atoms with Crippen molar-refractivity contribution in [1.29, 1.82) is 5.26 Å². The normalized spacial score (nSPS) is 14.1. The number of amides is 2. The Hall–Kier alpha value is -3.57. The minimum Gasteiger partial charge on any atom is -0.484 e. The number of anilines is 1. The van der Waals surface area contributed by atoms with E-state index in [2.05, 4.69) is 34.5 Å². The first-order valence-electron chi connectivity index (χ1n) is 10.3. The summed E-state index contributed by atoms with van der Waals surface area (Å²) in [6.45, 7) is 8.13. The van der Waals surface area contributed by atoms with Crippen LogP contribution in [0.3, 0.4) is 0 Å². The molecule has 8 nitrogen and oxygen atoms in total. The van der Waals surface area contributed by atoms with Gasteiger partial charge in [0.2, 0.25) is 0 Å². The van der Waals surface area contributed by atoms with Crippen molar-refractivity contribution in [1.82, 2.24) is 15.8 Å². The van der Waals surface area contributed by atoms with Crippen LogP contribution in [0.2, 0.25) is 0 Å². The maximum Gasteiger partial charge on any atom is 0.276 e. The second-order valence-corrected chi connectivity index (χ2v) is 7.59. The summed E-state index contributed by atoms with van der Waals surface area (Å²) in [5.74, 6) is -0.425. The van der Waals surface area contributed by atoms with Gasteiger partial charge in [0.15, 0.2) is 6.61 Å². The molecule has 1 fully saturated rings. The van der Waals surface area contributed by atoms with Gasteiger partial charge in [0.05, 0.1) is 11.6 Å². The smallest absolute Gasteiger partial charge is 0.276 e. The Morgan fingerprint density at radius 3 is 2.23 bits per heavy atom. The first-order valence-corrected chi connectivity index (χ1v) is 10.3. The van der Waals surface area contributed by atoms with Gasteiger partial charge in [0.1, 0.15) is 5.75 Å². The Balaban J connectivity index is 1.43. The number of hydrogen-bond acceptors (Lipinski definition) is 6. The summed E-state index contributed by atoms with van der Waals surface area (Å²) in [6, 6.07) is 16.3. The molecule has 2 amide bonds. The Kier molecular flexibility index (Phi) is 7.46. The van der Waals surface area contributed by atoms with Crippen LogP contribution in [0.4, 0.5) is 5.69 Å². The van der Waals surface area contributed by atoms with Crippen molar-refractivity contribution in [2.75, 3.05) is 37.7 Å². The van der Waals surface area contributed by atoms with E-state index >= 15 is 0 Å². The highest BCUT2D eigenvalue weighted by Crippen LogP contribution is 2.18. The standard InChI is InChI=1S/C23H27N5O3/c1-17(2)27-11-13-28(14-12-27)20-7-5-19(6-8-20)23(30)26-25-22(29)16-31-21-9-3-18(15-24)4-10-21/h3-10,17H,11-14,16H2,1-2H3,(H,25,29)(H,26,30). The van der Waals surface area contributed by atoms with Gasteiger partial charge in [-0.05, 0) is 62.4 Å². The molecule has 1 aliphatic heterocycles. The van der Waals surface area contributed by atoms with E-state index in [4.69, 9.17) is 10.00 Å². The lowest BCUT2D eigenvalue weighted by Crippen LogP contribution is -2.48. The van der Waals surface area contributed by atoms with Crippen LogP contribution >= 0.6 is 0 Å². The van der Waals surface area contributed by atoms with E-state index in [0.29, 0.717) is 22.9 Å². The maximum atomic E-state index is 12.3. The molecule has 0 radical (unpaired) electrons. The molecule has 0 spiro atoms. The largest absolute Gasteiger partial charge is 0.484 e. The third kappa shape index (κ3) is 6.20. The summed E-state index contributed by atoms with van der Waals surface area (Å²) >= 11 is 0. The van der Waals surface area contributed by atoms with Crippen LogP contribution < -0.4 is 20.5 Å². The Morgan fingerprint density at radius 2 is 1.65 bits per heavy atom. The van der Waals surface area contributed by atoms with E-state index in [1.54, 1.807) is 36.4 Å². The van der Waals surface area contributed by atoms with Gasteiger partial charge in [-0.15, -0.1) is 0 Å². The summed E-state index contributed by atoms with van der Waals surface area (Å²) in [4.78, 5) is 28.9. The number of hydrazine groups is 1. The fourth-order valence-corrected chi connectivity index (χ4v) is 3.33. The number of nitriles is 1. The second-order valence-electron chi connectivity index (χ2n) is 7.59. The second kappa shape index (κ2) is 10.5. The van der Waals surface area contributed by atoms with Crippen molar-refractivity contribution < 1.29 is 14.3 Å². The zero-order chi connectivity index (χ0) is 22.2. The number of benzene rings is 2. The number of carbonyl (C=O) groups excluding carboxylic acids is 2. The third-order valence-corrected chi connectivity index (χ3v) is 5.21. The van der Waals surface area contributed by atoms with Crippen LogP contribution in [0, 0.1) is 11.3 Å². The Labute approximate surface area is 182 Å². The minimum absolute atomic E-state index is 0.256. The summed E-state index contributed by atoms with van der Waals surface area (Å²) < 4.78 is 5.33. The molecular formula is C23H27N5O3. The average Bonchev–Trinajstić information content (AvgIpc) is 2.81. The number of nitrogens with one attached hydrogen (secondary N) is 2. The monoisotopic (exact) mass is 421 g/mol. The number of piperazine rings is 1. The molecule has 1 saturated heterocycles. The zero-order valence-electron chi connectivity index (χ0n) is 17.8. The zero-order valence-corrected chi connectivity index (χ0v) is 17.8. The first-order chi connectivity index (χ1) is 15.0. The molecule has 162 valence electrons. The number of nitrogens with zero attached hydrogens (tertiary/aromatic N) is 3. The molecular weight excluding hydrogens is 394 g/mol. The van der Waals surface area contributed by atoms with Gasteiger partial charge in [-0.2, -0.15) is 5.26 Å². The molecule has 1 heterocycles. The van der Waals surface area contributed by atoms with Gasteiger partial charge < -0.3 is 9.64 Å². The molecule has 0 aromatic heterocycles. The van der Waals surface area contributed by atoms with Crippen LogP contribution in [-0.2, 0) is 4.79 Å². The van der Waals surface area contributed by atoms with E-state index in [0.717, 1.165) is 31.9 Å². The maximum absolute atomic E-state index is 12.3. The highest BCUT2D eigenvalue weighted by Gasteiger charge is 2.19. The highest BCUT2D eigenvalue weighted by atomic mass is 16.5. The molecule has 8 heteroatoms. The minimum atomic E-state index is -0.489. The number of rotatable bonds is 6. The molecule has 2 aromatic carbocycles. The van der Waals surface area contributed by atoms with E-state index in [1.165, 1.54) is 0 Å². The molecule has 3 rings (SSSR count). The SMILES string of the molecule is CC(C)N1CCN(c2ccc(C(=O)NNC(=O)COc3ccc(C#N)cc3)cc2)CC1. The topological polar surface area (TPSA) is 97.7 Å². The molecule has 0 bridgehead atoms. The molecule has 0 aliphatic carbocycles. The Bertz CT molecular complexity index is 927. The van der Waals surface area contributed by atoms with E-state index in [1.807, 2.05) is 18.2 Å². The van der Waals surface area contributed by atoms with Crippen molar-refractivity contribution in [3.05, 3.63) is 59.7 Å². The molecule has 0 unspecified atom stereocenters. The lowest BCUT2D eigenvalue weighted by Gasteiger charge is -2.38. The van der Waals surface area contributed by atoms with Gasteiger partial charge in [-0.1, -0.05) is 0 Å². The summed E-state index contributed by atoms with van der Waals surface area (Å²) in [5, 5.41) is 8.77. The number of ether oxygens (including phenoxy) is 1. The lowest BCUT2D eigenvalue weighted by molar-refractivity contribution is -0.123. The van der Waals surface area contributed by atoms with Crippen molar-refractivity contribution in [2.45, 2.75) is 19.9 Å². The Morgan fingerprint density at radius 1 is 1.00 bits per heavy atom. The van der Waals surface area contributed by atoms with Crippen molar-refractivity contribution >= 4 is 17.5 Å². The predicted octanol–water partition coefficient (Wildman–Crippen LogP) is 1.93. The van der Waals surface area contributed by atoms with Gasteiger partial charge in [-0.3, -0.25) is 25.3 Å². The average molecular weight is 422 g/mol. The third-order valence-electron chi connectivity index (χ3n) is 5.21. The molecule has 2 aromatic rings. The van der Waals surface area contributed by atoms with Crippen molar-refractivity contribution in [3.63, 3.8) is 0 Å². The number of carbonyl (C=O) groups is 2.